The van der Waals surface area contributed by atoms with Gasteiger partial charge in [-0.1, -0.05) is 54.1 Å². The van der Waals surface area contributed by atoms with Gasteiger partial charge in [-0.3, -0.25) is 9.69 Å². The van der Waals surface area contributed by atoms with Crippen LogP contribution in [0.2, 0.25) is 5.02 Å². The summed E-state index contributed by atoms with van der Waals surface area (Å²) >= 11 is 6.27. The first-order valence-electron chi connectivity index (χ1n) is 8.65. The number of nitrogens with zero attached hydrogens (tertiary/aromatic N) is 1. The zero-order chi connectivity index (χ0) is 18.7. The fourth-order valence-electron chi connectivity index (χ4n) is 3.20. The van der Waals surface area contributed by atoms with Gasteiger partial charge in [0.15, 0.2) is 0 Å². The number of halogens is 1. The van der Waals surface area contributed by atoms with Crippen LogP contribution in [-0.2, 0) is 11.3 Å². The number of hydrogen-bond acceptors (Lipinski definition) is 2. The van der Waals surface area contributed by atoms with Crippen LogP contribution < -0.4 is 5.32 Å². The molecule has 3 aromatic rings. The molecular formula is C22H23ClN2O. The molecule has 0 unspecified atom stereocenters. The number of carbonyl (C=O) groups is 1. The predicted molar refractivity (Wildman–Crippen MR) is 110 cm³/mol. The number of hydrogen-bond donors (Lipinski definition) is 1. The third-order valence-electron chi connectivity index (χ3n) is 4.38. The Balaban J connectivity index is 1.63. The maximum atomic E-state index is 12.4. The summed E-state index contributed by atoms with van der Waals surface area (Å²) in [7, 11) is 1.94. The highest BCUT2D eigenvalue weighted by Gasteiger charge is 2.12. The number of anilines is 1. The minimum absolute atomic E-state index is 0.0675. The van der Waals surface area contributed by atoms with Gasteiger partial charge in [0.05, 0.1) is 17.3 Å². The van der Waals surface area contributed by atoms with Gasteiger partial charge in [-0.15, -0.1) is 0 Å². The number of carbonyl (C=O) groups excluding carboxylic acids is 1. The molecule has 1 amide bonds. The minimum atomic E-state index is -0.0675. The van der Waals surface area contributed by atoms with E-state index in [0.29, 0.717) is 23.8 Å². The lowest BCUT2D eigenvalue weighted by atomic mass is 10.1. The van der Waals surface area contributed by atoms with Gasteiger partial charge in [0, 0.05) is 6.54 Å². The summed E-state index contributed by atoms with van der Waals surface area (Å²) in [5.41, 5.74) is 3.93. The first-order chi connectivity index (χ1) is 12.4. The van der Waals surface area contributed by atoms with E-state index >= 15 is 0 Å². The molecule has 0 aliphatic heterocycles. The molecule has 0 heterocycles. The number of amides is 1. The van der Waals surface area contributed by atoms with Gasteiger partial charge in [0.1, 0.15) is 0 Å². The Morgan fingerprint density at radius 1 is 1.04 bits per heavy atom. The molecule has 0 aromatic heterocycles. The van der Waals surface area contributed by atoms with Gasteiger partial charge in [-0.25, -0.2) is 0 Å². The summed E-state index contributed by atoms with van der Waals surface area (Å²) in [6.45, 7) is 4.95. The summed E-state index contributed by atoms with van der Waals surface area (Å²) in [4.78, 5) is 14.4. The van der Waals surface area contributed by atoms with E-state index in [0.717, 1.165) is 11.1 Å². The molecule has 0 radical (unpaired) electrons. The van der Waals surface area contributed by atoms with Crippen LogP contribution in [0.3, 0.4) is 0 Å². The largest absolute Gasteiger partial charge is 0.323 e. The highest BCUT2D eigenvalue weighted by atomic mass is 35.5. The van der Waals surface area contributed by atoms with Crippen molar-refractivity contribution in [2.75, 3.05) is 18.9 Å². The summed E-state index contributed by atoms with van der Waals surface area (Å²) in [6, 6.07) is 18.6. The van der Waals surface area contributed by atoms with Crippen molar-refractivity contribution in [1.29, 1.82) is 0 Å². The van der Waals surface area contributed by atoms with Gasteiger partial charge < -0.3 is 5.32 Å². The second kappa shape index (κ2) is 7.90. The number of rotatable bonds is 5. The first kappa shape index (κ1) is 18.4. The molecule has 4 heteroatoms. The Bertz CT molecular complexity index is 929. The highest BCUT2D eigenvalue weighted by Crippen LogP contribution is 2.27. The average molecular weight is 367 g/mol. The number of aryl methyl sites for hydroxylation is 2. The number of fused-ring (bicyclic) bond motifs is 1. The van der Waals surface area contributed by atoms with E-state index in [1.165, 1.54) is 16.3 Å². The number of benzene rings is 3. The van der Waals surface area contributed by atoms with Crippen molar-refractivity contribution in [1.82, 2.24) is 4.90 Å². The molecule has 0 atom stereocenters. The zero-order valence-electron chi connectivity index (χ0n) is 15.3. The first-order valence-corrected chi connectivity index (χ1v) is 9.03. The van der Waals surface area contributed by atoms with E-state index in [-0.39, 0.29) is 5.91 Å². The second-order valence-corrected chi connectivity index (χ2v) is 7.25. The molecule has 0 saturated heterocycles. The minimum Gasteiger partial charge on any atom is -0.323 e. The topological polar surface area (TPSA) is 32.3 Å². The fraction of sp³-hybridized carbons (Fsp3) is 0.227. The SMILES string of the molecule is Cc1cc(C)c(NC(=O)CN(C)Cc2ccc3ccccc3c2)c(Cl)c1. The predicted octanol–water partition coefficient (Wildman–Crippen LogP) is 5.18. The van der Waals surface area contributed by atoms with Crippen LogP contribution >= 0.6 is 11.6 Å². The highest BCUT2D eigenvalue weighted by molar-refractivity contribution is 6.34. The fourth-order valence-corrected chi connectivity index (χ4v) is 3.57. The standard InChI is InChI=1S/C22H23ClN2O/c1-15-10-16(2)22(20(23)11-15)24-21(26)14-25(3)13-17-8-9-18-6-4-5-7-19(18)12-17/h4-12H,13-14H2,1-3H3,(H,24,26). The zero-order valence-corrected chi connectivity index (χ0v) is 16.1. The van der Waals surface area contributed by atoms with Gasteiger partial charge >= 0.3 is 0 Å². The third kappa shape index (κ3) is 4.43. The van der Waals surface area contributed by atoms with Gasteiger partial charge in [-0.2, -0.15) is 0 Å². The molecule has 134 valence electrons. The van der Waals surface area contributed by atoms with E-state index in [9.17, 15) is 4.79 Å². The summed E-state index contributed by atoms with van der Waals surface area (Å²) in [5.74, 6) is -0.0675. The van der Waals surface area contributed by atoms with E-state index in [4.69, 9.17) is 11.6 Å². The summed E-state index contributed by atoms with van der Waals surface area (Å²) in [6.07, 6.45) is 0. The maximum absolute atomic E-state index is 12.4. The van der Waals surface area contributed by atoms with E-state index in [1.807, 2.05) is 50.1 Å². The van der Waals surface area contributed by atoms with Crippen LogP contribution in [0.25, 0.3) is 10.8 Å². The molecule has 3 aromatic carbocycles. The Labute approximate surface area is 159 Å². The van der Waals surface area contributed by atoms with E-state index in [1.54, 1.807) is 0 Å². The van der Waals surface area contributed by atoms with Crippen LogP contribution in [0, 0.1) is 13.8 Å². The van der Waals surface area contributed by atoms with Crippen LogP contribution in [0.5, 0.6) is 0 Å². The van der Waals surface area contributed by atoms with E-state index in [2.05, 4.69) is 35.6 Å². The van der Waals surface area contributed by atoms with Crippen molar-refractivity contribution in [3.05, 3.63) is 76.3 Å². The molecule has 3 nitrogen and oxygen atoms in total. The van der Waals surface area contributed by atoms with Crippen LogP contribution in [0.4, 0.5) is 5.69 Å². The molecule has 26 heavy (non-hydrogen) atoms. The monoisotopic (exact) mass is 366 g/mol. The van der Waals surface area contributed by atoms with Crippen molar-refractivity contribution in [2.45, 2.75) is 20.4 Å². The molecule has 0 bridgehead atoms. The van der Waals surface area contributed by atoms with Crippen molar-refractivity contribution in [2.24, 2.45) is 0 Å². The third-order valence-corrected chi connectivity index (χ3v) is 4.67. The van der Waals surface area contributed by atoms with Crippen molar-refractivity contribution < 1.29 is 4.79 Å². The van der Waals surface area contributed by atoms with Gasteiger partial charge in [-0.05, 0) is 60.5 Å². The Morgan fingerprint density at radius 3 is 2.50 bits per heavy atom. The van der Waals surface area contributed by atoms with Crippen LogP contribution in [0.15, 0.2) is 54.6 Å². The molecular weight excluding hydrogens is 344 g/mol. The average Bonchev–Trinajstić information content (AvgIpc) is 2.58. The quantitative estimate of drug-likeness (QED) is 0.674. The van der Waals surface area contributed by atoms with Crippen molar-refractivity contribution >= 4 is 34.0 Å². The van der Waals surface area contributed by atoms with Crippen LogP contribution in [0.1, 0.15) is 16.7 Å². The lowest BCUT2D eigenvalue weighted by molar-refractivity contribution is -0.117. The van der Waals surface area contributed by atoms with Crippen molar-refractivity contribution in [3.63, 3.8) is 0 Å². The summed E-state index contributed by atoms with van der Waals surface area (Å²) in [5, 5.41) is 5.95. The molecule has 0 aliphatic rings. The Kier molecular flexibility index (Phi) is 5.60. The second-order valence-electron chi connectivity index (χ2n) is 6.84. The number of likely N-dealkylation sites (N-methyl/N-ethyl adjacent to an activating group) is 1. The molecule has 0 fully saturated rings. The molecule has 3 rings (SSSR count). The number of nitrogens with one attached hydrogen (secondary N) is 1. The van der Waals surface area contributed by atoms with Crippen molar-refractivity contribution in [3.8, 4) is 0 Å². The lowest BCUT2D eigenvalue weighted by Gasteiger charge is -2.18. The maximum Gasteiger partial charge on any atom is 0.238 e. The van der Waals surface area contributed by atoms with Gasteiger partial charge in [0.2, 0.25) is 5.91 Å². The Morgan fingerprint density at radius 2 is 1.77 bits per heavy atom. The van der Waals surface area contributed by atoms with E-state index < -0.39 is 0 Å². The molecule has 0 saturated carbocycles. The molecule has 0 aliphatic carbocycles. The van der Waals surface area contributed by atoms with Gasteiger partial charge in [0.25, 0.3) is 0 Å². The molecule has 0 spiro atoms. The molecule has 1 N–H and O–H groups in total. The Hall–Kier alpha value is -2.36. The summed E-state index contributed by atoms with van der Waals surface area (Å²) < 4.78 is 0. The van der Waals surface area contributed by atoms with Crippen LogP contribution in [-0.4, -0.2) is 24.4 Å². The normalized spacial score (nSPS) is 11.1. The smallest absolute Gasteiger partial charge is 0.238 e. The lowest BCUT2D eigenvalue weighted by Crippen LogP contribution is -2.30.